The van der Waals surface area contributed by atoms with Crippen LogP contribution in [0.4, 0.5) is 0 Å². The Hall–Kier alpha value is -0.750. The Morgan fingerprint density at radius 1 is 1.06 bits per heavy atom. The van der Waals surface area contributed by atoms with Gasteiger partial charge in [-0.05, 0) is 74.2 Å². The molecule has 0 bridgehead atoms. The summed E-state index contributed by atoms with van der Waals surface area (Å²) in [5.41, 5.74) is 0.267. The molecule has 2 N–H and O–H groups in total. The second-order valence-electron chi connectivity index (χ2n) is 13.4. The highest BCUT2D eigenvalue weighted by atomic mass is 16.7. The van der Waals surface area contributed by atoms with Gasteiger partial charge in [0.15, 0.2) is 11.6 Å². The Balaban J connectivity index is 1.29. The molecule has 6 rings (SSSR count). The van der Waals surface area contributed by atoms with Gasteiger partial charge in [-0.25, -0.2) is 0 Å². The third-order valence-electron chi connectivity index (χ3n) is 12.0. The predicted octanol–water partition coefficient (Wildman–Crippen LogP) is 4.40. The SMILES string of the molecule is C[C@@H]1[C@@]2(CC[C@@](C)(CO)CO2)O[C@H]2C[C@H]3[C@@H]4CCC5=CC(=O)CC[C@]5(C)[C@H]4CC[C@]3(C)[C@]21O. The van der Waals surface area contributed by atoms with Gasteiger partial charge in [0.1, 0.15) is 5.60 Å². The second kappa shape index (κ2) is 6.93. The van der Waals surface area contributed by atoms with Crippen LogP contribution >= 0.6 is 0 Å². The molecule has 6 aliphatic rings. The fourth-order valence-corrected chi connectivity index (χ4v) is 9.65. The van der Waals surface area contributed by atoms with Crippen molar-refractivity contribution >= 4 is 5.78 Å². The number of fused-ring (bicyclic) bond motifs is 7. The molecule has 0 aromatic carbocycles. The summed E-state index contributed by atoms with van der Waals surface area (Å²) in [5.74, 6) is 1.14. The Labute approximate surface area is 198 Å². The summed E-state index contributed by atoms with van der Waals surface area (Å²) in [6.45, 7) is 9.57. The van der Waals surface area contributed by atoms with Crippen LogP contribution in [0.25, 0.3) is 0 Å². The highest BCUT2D eigenvalue weighted by Gasteiger charge is 2.76. The Kier molecular flexibility index (Phi) is 4.76. The van der Waals surface area contributed by atoms with Crippen LogP contribution in [0.1, 0.15) is 85.5 Å². The number of aliphatic hydroxyl groups is 2. The smallest absolute Gasteiger partial charge is 0.174 e. The fourth-order valence-electron chi connectivity index (χ4n) is 9.65. The van der Waals surface area contributed by atoms with Gasteiger partial charge >= 0.3 is 0 Å². The number of ketones is 1. The zero-order valence-corrected chi connectivity index (χ0v) is 20.9. The molecule has 4 aliphatic carbocycles. The lowest BCUT2D eigenvalue weighted by atomic mass is 9.45. The normalized spacial score (nSPS) is 57.8. The van der Waals surface area contributed by atoms with Gasteiger partial charge < -0.3 is 19.7 Å². The number of aliphatic hydroxyl groups excluding tert-OH is 1. The van der Waals surface area contributed by atoms with Gasteiger partial charge in [0.2, 0.25) is 0 Å². The molecule has 2 saturated heterocycles. The zero-order chi connectivity index (χ0) is 23.4. The maximum absolute atomic E-state index is 12.5. The lowest BCUT2D eigenvalue weighted by Gasteiger charge is -2.60. The number of allylic oxidation sites excluding steroid dienone is 1. The quantitative estimate of drug-likeness (QED) is 0.609. The summed E-state index contributed by atoms with van der Waals surface area (Å²) in [7, 11) is 0. The van der Waals surface area contributed by atoms with Crippen molar-refractivity contribution in [2.75, 3.05) is 13.2 Å². The Morgan fingerprint density at radius 2 is 1.85 bits per heavy atom. The van der Waals surface area contributed by atoms with E-state index >= 15 is 0 Å². The standard InChI is InChI=1S/C28H42O5/c1-17-27(12-11-24(2,15-29)16-32-27)33-23-14-22-20-6-5-18-13-19(30)7-9-25(18,3)21(20)8-10-26(22,4)28(17,23)31/h13,17,20-23,29,31H,5-12,14-16H2,1-4H3/t17-,20-,21+,22+,23+,24+,25+,26+,27-,28-/m1/s1. The summed E-state index contributed by atoms with van der Waals surface area (Å²) in [5, 5.41) is 22.3. The lowest BCUT2D eigenvalue weighted by Crippen LogP contribution is -2.60. The van der Waals surface area contributed by atoms with E-state index in [1.54, 1.807) is 0 Å². The number of carbonyl (C=O) groups is 1. The molecule has 1 spiro atoms. The van der Waals surface area contributed by atoms with E-state index in [1.165, 1.54) is 5.57 Å². The minimum atomic E-state index is -0.880. The van der Waals surface area contributed by atoms with Crippen LogP contribution in [0.2, 0.25) is 0 Å². The molecule has 0 radical (unpaired) electrons. The lowest BCUT2D eigenvalue weighted by molar-refractivity contribution is -0.289. The first-order valence-corrected chi connectivity index (χ1v) is 13.4. The van der Waals surface area contributed by atoms with E-state index < -0.39 is 11.4 Å². The topological polar surface area (TPSA) is 76.0 Å². The molecular weight excluding hydrogens is 416 g/mol. The highest BCUT2D eigenvalue weighted by molar-refractivity contribution is 5.91. The van der Waals surface area contributed by atoms with Gasteiger partial charge in [0.25, 0.3) is 0 Å². The minimum Gasteiger partial charge on any atom is -0.396 e. The minimum absolute atomic E-state index is 0.0910. The summed E-state index contributed by atoms with van der Waals surface area (Å²) in [4.78, 5) is 12.1. The van der Waals surface area contributed by atoms with Crippen molar-refractivity contribution in [1.29, 1.82) is 0 Å². The summed E-state index contributed by atoms with van der Waals surface area (Å²) in [6, 6.07) is 0. The Bertz CT molecular complexity index is 887. The second-order valence-corrected chi connectivity index (χ2v) is 13.4. The van der Waals surface area contributed by atoms with Crippen molar-refractivity contribution in [3.63, 3.8) is 0 Å². The first-order valence-electron chi connectivity index (χ1n) is 13.4. The number of carbonyl (C=O) groups excluding carboxylic acids is 1. The van der Waals surface area contributed by atoms with Gasteiger partial charge in [-0.2, -0.15) is 0 Å². The van der Waals surface area contributed by atoms with Gasteiger partial charge in [-0.1, -0.05) is 33.3 Å². The molecule has 10 atom stereocenters. The molecule has 0 unspecified atom stereocenters. The van der Waals surface area contributed by atoms with Crippen LogP contribution in [-0.2, 0) is 14.3 Å². The van der Waals surface area contributed by atoms with Crippen molar-refractivity contribution in [2.24, 2.45) is 39.9 Å². The fraction of sp³-hybridized carbons (Fsp3) is 0.893. The highest BCUT2D eigenvalue weighted by Crippen LogP contribution is 2.72. The van der Waals surface area contributed by atoms with E-state index in [9.17, 15) is 15.0 Å². The molecule has 184 valence electrons. The first-order chi connectivity index (χ1) is 15.5. The molecule has 3 saturated carbocycles. The first kappa shape index (κ1) is 22.7. The van der Waals surface area contributed by atoms with Crippen LogP contribution in [0.3, 0.4) is 0 Å². The van der Waals surface area contributed by atoms with Crippen molar-refractivity contribution in [2.45, 2.75) is 103 Å². The average Bonchev–Trinajstić information content (AvgIpc) is 3.15. The number of ether oxygens (including phenoxy) is 2. The van der Waals surface area contributed by atoms with Gasteiger partial charge in [0, 0.05) is 29.6 Å². The average molecular weight is 459 g/mol. The summed E-state index contributed by atoms with van der Waals surface area (Å²) >= 11 is 0. The van der Waals surface area contributed by atoms with E-state index in [0.29, 0.717) is 36.6 Å². The van der Waals surface area contributed by atoms with Gasteiger partial charge in [0.05, 0.1) is 19.3 Å². The molecule has 2 aliphatic heterocycles. The summed E-state index contributed by atoms with van der Waals surface area (Å²) < 4.78 is 13.1. The van der Waals surface area contributed by atoms with Crippen LogP contribution in [0.5, 0.6) is 0 Å². The van der Waals surface area contributed by atoms with E-state index in [4.69, 9.17) is 9.47 Å². The van der Waals surface area contributed by atoms with Gasteiger partial charge in [-0.3, -0.25) is 4.79 Å². The Morgan fingerprint density at radius 3 is 2.55 bits per heavy atom. The van der Waals surface area contributed by atoms with Crippen molar-refractivity contribution < 1.29 is 24.5 Å². The number of hydrogen-bond acceptors (Lipinski definition) is 5. The van der Waals surface area contributed by atoms with Crippen LogP contribution < -0.4 is 0 Å². The van der Waals surface area contributed by atoms with E-state index in [2.05, 4.69) is 27.7 Å². The molecule has 33 heavy (non-hydrogen) atoms. The molecule has 0 amide bonds. The third-order valence-corrected chi connectivity index (χ3v) is 12.0. The monoisotopic (exact) mass is 458 g/mol. The van der Waals surface area contributed by atoms with E-state index in [-0.39, 0.29) is 34.9 Å². The zero-order valence-electron chi connectivity index (χ0n) is 20.9. The van der Waals surface area contributed by atoms with E-state index in [1.807, 2.05) is 6.08 Å². The molecule has 2 heterocycles. The maximum atomic E-state index is 12.5. The van der Waals surface area contributed by atoms with Crippen molar-refractivity contribution in [3.8, 4) is 0 Å². The van der Waals surface area contributed by atoms with Crippen LogP contribution in [0, 0.1) is 39.9 Å². The molecule has 0 aromatic rings. The van der Waals surface area contributed by atoms with E-state index in [0.717, 1.165) is 51.4 Å². The maximum Gasteiger partial charge on any atom is 0.174 e. The molecule has 0 aromatic heterocycles. The van der Waals surface area contributed by atoms with Crippen molar-refractivity contribution in [1.82, 2.24) is 0 Å². The van der Waals surface area contributed by atoms with Gasteiger partial charge in [-0.15, -0.1) is 0 Å². The molecule has 5 heteroatoms. The molecular formula is C28H42O5. The third kappa shape index (κ3) is 2.71. The number of rotatable bonds is 1. The van der Waals surface area contributed by atoms with Crippen LogP contribution in [-0.4, -0.2) is 46.7 Å². The van der Waals surface area contributed by atoms with Crippen molar-refractivity contribution in [3.05, 3.63) is 11.6 Å². The molecule has 5 fully saturated rings. The number of hydrogen-bond donors (Lipinski definition) is 2. The summed E-state index contributed by atoms with van der Waals surface area (Å²) in [6.07, 6.45) is 10.3. The molecule has 5 nitrogen and oxygen atoms in total. The predicted molar refractivity (Wildman–Crippen MR) is 124 cm³/mol. The largest absolute Gasteiger partial charge is 0.396 e. The van der Waals surface area contributed by atoms with Crippen LogP contribution in [0.15, 0.2) is 11.6 Å².